The highest BCUT2D eigenvalue weighted by Gasteiger charge is 2.28. The smallest absolute Gasteiger partial charge is 0.256 e. The highest BCUT2D eigenvalue weighted by Crippen LogP contribution is 2.24. The van der Waals surface area contributed by atoms with E-state index in [1.165, 1.54) is 24.1 Å². The van der Waals surface area contributed by atoms with Gasteiger partial charge in [0.25, 0.3) is 5.91 Å². The van der Waals surface area contributed by atoms with Crippen molar-refractivity contribution < 1.29 is 4.79 Å². The van der Waals surface area contributed by atoms with Crippen LogP contribution in [0, 0.1) is 0 Å². The first kappa shape index (κ1) is 12.6. The Balaban J connectivity index is 1.47. The molecule has 0 unspecified atom stereocenters. The second kappa shape index (κ2) is 4.98. The molecule has 4 rings (SSSR count). The summed E-state index contributed by atoms with van der Waals surface area (Å²) in [5.74, 6) is 0.0995. The maximum absolute atomic E-state index is 12.3. The molecule has 0 aromatic carbocycles. The lowest BCUT2D eigenvalue weighted by Crippen LogP contribution is -2.26. The van der Waals surface area contributed by atoms with Gasteiger partial charge in [-0.3, -0.25) is 14.9 Å². The number of amides is 1. The Morgan fingerprint density at radius 1 is 1.29 bits per heavy atom. The normalized spacial score (nSPS) is 17.0. The fourth-order valence-electron chi connectivity index (χ4n) is 3.36. The molecule has 5 heteroatoms. The van der Waals surface area contributed by atoms with Gasteiger partial charge in [-0.25, -0.2) is 0 Å². The van der Waals surface area contributed by atoms with E-state index >= 15 is 0 Å². The van der Waals surface area contributed by atoms with Crippen molar-refractivity contribution in [1.29, 1.82) is 0 Å². The molecule has 1 amide bonds. The summed E-state index contributed by atoms with van der Waals surface area (Å²) in [5.41, 5.74) is 5.48. The lowest BCUT2D eigenvalue weighted by Gasteiger charge is -2.16. The Bertz CT molecular complexity index is 691. The van der Waals surface area contributed by atoms with Crippen molar-refractivity contribution >= 4 is 5.91 Å². The number of rotatable bonds is 3. The van der Waals surface area contributed by atoms with E-state index in [1.54, 1.807) is 6.20 Å². The van der Waals surface area contributed by atoms with Crippen LogP contribution in [0.1, 0.15) is 45.8 Å². The summed E-state index contributed by atoms with van der Waals surface area (Å²) in [6.07, 6.45) is 7.31. The van der Waals surface area contributed by atoms with Crippen LogP contribution in [0.2, 0.25) is 0 Å². The van der Waals surface area contributed by atoms with E-state index in [9.17, 15) is 4.79 Å². The Morgan fingerprint density at radius 3 is 3.10 bits per heavy atom. The van der Waals surface area contributed by atoms with Crippen LogP contribution in [0.25, 0.3) is 0 Å². The van der Waals surface area contributed by atoms with Gasteiger partial charge in [-0.05, 0) is 43.4 Å². The molecular weight excluding hydrogens is 264 g/mol. The summed E-state index contributed by atoms with van der Waals surface area (Å²) >= 11 is 0. The van der Waals surface area contributed by atoms with Crippen LogP contribution in [0.3, 0.4) is 0 Å². The fraction of sp³-hybridized carbons (Fsp3) is 0.438. The molecule has 0 fully saturated rings. The molecular formula is C16H18N4O. The predicted octanol–water partition coefficient (Wildman–Crippen LogP) is 1.88. The number of H-pyrrole nitrogens is 1. The van der Waals surface area contributed by atoms with E-state index in [1.807, 2.05) is 17.0 Å². The molecule has 108 valence electrons. The first-order valence-corrected chi connectivity index (χ1v) is 7.61. The van der Waals surface area contributed by atoms with Crippen LogP contribution in [-0.2, 0) is 25.8 Å². The van der Waals surface area contributed by atoms with Crippen molar-refractivity contribution in [2.75, 3.05) is 6.54 Å². The van der Waals surface area contributed by atoms with Gasteiger partial charge in [0.1, 0.15) is 0 Å². The van der Waals surface area contributed by atoms with Crippen LogP contribution in [0.5, 0.6) is 0 Å². The van der Waals surface area contributed by atoms with E-state index in [4.69, 9.17) is 0 Å². The Kier molecular flexibility index (Phi) is 2.98. The molecule has 0 radical (unpaired) electrons. The van der Waals surface area contributed by atoms with E-state index in [0.717, 1.165) is 36.2 Å². The number of aromatic amines is 1. The summed E-state index contributed by atoms with van der Waals surface area (Å²) in [7, 11) is 0. The largest absolute Gasteiger partial charge is 0.332 e. The molecule has 2 aromatic heterocycles. The summed E-state index contributed by atoms with van der Waals surface area (Å²) in [5, 5.41) is 7.62. The van der Waals surface area contributed by atoms with Gasteiger partial charge in [-0.1, -0.05) is 0 Å². The topological polar surface area (TPSA) is 61.9 Å². The molecule has 1 N–H and O–H groups in total. The predicted molar refractivity (Wildman–Crippen MR) is 77.9 cm³/mol. The summed E-state index contributed by atoms with van der Waals surface area (Å²) < 4.78 is 0. The van der Waals surface area contributed by atoms with E-state index in [2.05, 4.69) is 15.2 Å². The van der Waals surface area contributed by atoms with Crippen molar-refractivity contribution in [3.05, 3.63) is 46.5 Å². The Labute approximate surface area is 123 Å². The summed E-state index contributed by atoms with van der Waals surface area (Å²) in [4.78, 5) is 18.5. The zero-order valence-electron chi connectivity index (χ0n) is 11.9. The average molecular weight is 282 g/mol. The third kappa shape index (κ3) is 2.13. The number of nitrogens with one attached hydrogen (secondary N) is 1. The van der Waals surface area contributed by atoms with Gasteiger partial charge in [0, 0.05) is 24.9 Å². The van der Waals surface area contributed by atoms with E-state index in [0.29, 0.717) is 13.1 Å². The quantitative estimate of drug-likeness (QED) is 0.935. The third-order valence-electron chi connectivity index (χ3n) is 4.51. The minimum absolute atomic E-state index is 0.0995. The second-order valence-corrected chi connectivity index (χ2v) is 5.81. The van der Waals surface area contributed by atoms with Crippen LogP contribution < -0.4 is 0 Å². The number of carbonyl (C=O) groups is 1. The molecule has 2 aromatic rings. The summed E-state index contributed by atoms with van der Waals surface area (Å²) in [6, 6.07) is 3.69. The minimum Gasteiger partial charge on any atom is -0.332 e. The van der Waals surface area contributed by atoms with Crippen LogP contribution in [0.15, 0.2) is 18.3 Å². The minimum atomic E-state index is 0.0995. The molecule has 2 aliphatic rings. The van der Waals surface area contributed by atoms with Crippen LogP contribution in [-0.4, -0.2) is 32.5 Å². The molecule has 0 saturated carbocycles. The number of aryl methyl sites for hydroxylation is 1. The second-order valence-electron chi connectivity index (χ2n) is 5.81. The Hall–Kier alpha value is -2.17. The molecule has 3 heterocycles. The van der Waals surface area contributed by atoms with Crippen molar-refractivity contribution in [1.82, 2.24) is 20.1 Å². The number of hydrogen-bond donors (Lipinski definition) is 1. The van der Waals surface area contributed by atoms with E-state index < -0.39 is 0 Å². The van der Waals surface area contributed by atoms with Crippen molar-refractivity contribution in [3.8, 4) is 0 Å². The number of carbonyl (C=O) groups excluding carboxylic acids is 1. The maximum atomic E-state index is 12.3. The highest BCUT2D eigenvalue weighted by molar-refractivity contribution is 5.97. The molecule has 0 saturated heterocycles. The van der Waals surface area contributed by atoms with Crippen molar-refractivity contribution in [2.45, 2.75) is 38.6 Å². The molecule has 1 aliphatic carbocycles. The van der Waals surface area contributed by atoms with Gasteiger partial charge in [0.15, 0.2) is 0 Å². The lowest BCUT2D eigenvalue weighted by atomic mass is 9.95. The zero-order chi connectivity index (χ0) is 14.2. The highest BCUT2D eigenvalue weighted by atomic mass is 16.2. The molecule has 21 heavy (non-hydrogen) atoms. The molecule has 1 aliphatic heterocycles. The number of nitrogens with zero attached hydrogens (tertiary/aromatic N) is 3. The van der Waals surface area contributed by atoms with Gasteiger partial charge in [-0.15, -0.1) is 0 Å². The number of pyridine rings is 1. The maximum Gasteiger partial charge on any atom is 0.256 e. The van der Waals surface area contributed by atoms with Crippen molar-refractivity contribution in [2.24, 2.45) is 0 Å². The zero-order valence-corrected chi connectivity index (χ0v) is 11.9. The van der Waals surface area contributed by atoms with Crippen LogP contribution >= 0.6 is 0 Å². The molecule has 5 nitrogen and oxygen atoms in total. The van der Waals surface area contributed by atoms with Crippen molar-refractivity contribution in [3.63, 3.8) is 0 Å². The first-order valence-electron chi connectivity index (χ1n) is 7.61. The molecule has 0 spiro atoms. The fourth-order valence-corrected chi connectivity index (χ4v) is 3.36. The standard InChI is InChI=1S/C16H18N4O/c21-16-12-5-3-8-17-15(12)10-20(16)9-7-14-11-4-1-2-6-13(11)18-19-14/h3,5,8H,1-2,4,6-7,9-10H2,(H,18,19). The number of hydrogen-bond acceptors (Lipinski definition) is 3. The SMILES string of the molecule is O=C1c2cccnc2CN1CCc1n[nH]c2c1CCCC2. The lowest BCUT2D eigenvalue weighted by molar-refractivity contribution is 0.0779. The third-order valence-corrected chi connectivity index (χ3v) is 4.51. The van der Waals surface area contributed by atoms with Gasteiger partial charge >= 0.3 is 0 Å². The average Bonchev–Trinajstić information content (AvgIpc) is 3.07. The molecule has 0 bridgehead atoms. The van der Waals surface area contributed by atoms with Gasteiger partial charge < -0.3 is 4.90 Å². The number of aromatic nitrogens is 3. The van der Waals surface area contributed by atoms with E-state index in [-0.39, 0.29) is 5.91 Å². The summed E-state index contributed by atoms with van der Waals surface area (Å²) in [6.45, 7) is 1.34. The van der Waals surface area contributed by atoms with Crippen LogP contribution in [0.4, 0.5) is 0 Å². The molecule has 0 atom stereocenters. The van der Waals surface area contributed by atoms with Gasteiger partial charge in [-0.2, -0.15) is 5.10 Å². The Morgan fingerprint density at radius 2 is 2.19 bits per heavy atom. The first-order chi connectivity index (χ1) is 10.3. The number of fused-ring (bicyclic) bond motifs is 2. The van der Waals surface area contributed by atoms with Gasteiger partial charge in [0.2, 0.25) is 0 Å². The van der Waals surface area contributed by atoms with Gasteiger partial charge in [0.05, 0.1) is 23.5 Å². The monoisotopic (exact) mass is 282 g/mol.